The van der Waals surface area contributed by atoms with E-state index in [9.17, 15) is 14.4 Å². The SMILES string of the molecule is CCOC(=O)C1=C(COC(=O)c2ccc(OCC)c(OCC)c2)NC(=O)NC1c1cccs1. The zero-order chi connectivity index (χ0) is 23.8. The van der Waals surface area contributed by atoms with Gasteiger partial charge in [-0.15, -0.1) is 11.3 Å². The smallest absolute Gasteiger partial charge is 0.338 e. The molecule has 0 fully saturated rings. The van der Waals surface area contributed by atoms with Crippen LogP contribution in [0.15, 0.2) is 47.0 Å². The fourth-order valence-electron chi connectivity index (χ4n) is 3.25. The number of amides is 2. The second-order valence-electron chi connectivity index (χ2n) is 6.76. The summed E-state index contributed by atoms with van der Waals surface area (Å²) < 4.78 is 21.7. The summed E-state index contributed by atoms with van der Waals surface area (Å²) in [4.78, 5) is 38.5. The van der Waals surface area contributed by atoms with Gasteiger partial charge in [0.2, 0.25) is 0 Å². The van der Waals surface area contributed by atoms with Crippen LogP contribution in [0.2, 0.25) is 0 Å². The maximum absolute atomic E-state index is 12.7. The van der Waals surface area contributed by atoms with Crippen LogP contribution in [0.1, 0.15) is 42.0 Å². The standard InChI is InChI=1S/C23H26N2O7S/c1-4-29-16-10-9-14(12-17(16)30-5-2)21(26)32-13-15-19(22(27)31-6-3)20(25-23(28)24-15)18-8-7-11-33-18/h7-12,20H,4-6,13H2,1-3H3,(H2,24,25,28). The summed E-state index contributed by atoms with van der Waals surface area (Å²) in [6, 6.07) is 7.14. The first-order valence-corrected chi connectivity index (χ1v) is 11.4. The summed E-state index contributed by atoms with van der Waals surface area (Å²) in [5.74, 6) is -0.301. The van der Waals surface area contributed by atoms with Crippen LogP contribution in [-0.2, 0) is 14.3 Å². The van der Waals surface area contributed by atoms with Crippen molar-refractivity contribution in [3.05, 3.63) is 57.4 Å². The first kappa shape index (κ1) is 24.1. The van der Waals surface area contributed by atoms with Crippen LogP contribution >= 0.6 is 11.3 Å². The number of carbonyl (C=O) groups excluding carboxylic acids is 3. The van der Waals surface area contributed by atoms with E-state index in [-0.39, 0.29) is 30.0 Å². The van der Waals surface area contributed by atoms with Crippen LogP contribution < -0.4 is 20.1 Å². The Morgan fingerprint density at radius 3 is 2.39 bits per heavy atom. The highest BCUT2D eigenvalue weighted by Crippen LogP contribution is 2.31. The fourth-order valence-corrected chi connectivity index (χ4v) is 4.03. The van der Waals surface area contributed by atoms with Crippen LogP contribution in [0.4, 0.5) is 4.79 Å². The predicted molar refractivity (Wildman–Crippen MR) is 121 cm³/mol. The van der Waals surface area contributed by atoms with Crippen molar-refractivity contribution in [2.24, 2.45) is 0 Å². The molecule has 3 rings (SSSR count). The molecule has 1 aromatic carbocycles. The van der Waals surface area contributed by atoms with Gasteiger partial charge in [-0.3, -0.25) is 0 Å². The first-order chi connectivity index (χ1) is 16.0. The van der Waals surface area contributed by atoms with Gasteiger partial charge in [0.25, 0.3) is 0 Å². The highest BCUT2D eigenvalue weighted by molar-refractivity contribution is 7.10. The Balaban J connectivity index is 1.85. The molecule has 0 bridgehead atoms. The van der Waals surface area contributed by atoms with Crippen molar-refractivity contribution < 1.29 is 33.3 Å². The number of urea groups is 1. The third-order valence-corrected chi connectivity index (χ3v) is 5.54. The average molecular weight is 475 g/mol. The number of hydrogen-bond acceptors (Lipinski definition) is 8. The van der Waals surface area contributed by atoms with Crippen molar-refractivity contribution in [3.8, 4) is 11.5 Å². The van der Waals surface area contributed by atoms with Gasteiger partial charge in [0.05, 0.1) is 42.7 Å². The Kier molecular flexibility index (Phi) is 8.31. The molecule has 0 saturated heterocycles. The highest BCUT2D eigenvalue weighted by Gasteiger charge is 2.34. The van der Waals surface area contributed by atoms with Gasteiger partial charge in [0.1, 0.15) is 6.61 Å². The third-order valence-electron chi connectivity index (χ3n) is 4.60. The number of rotatable bonds is 10. The van der Waals surface area contributed by atoms with E-state index in [0.29, 0.717) is 24.7 Å². The third kappa shape index (κ3) is 5.83. The van der Waals surface area contributed by atoms with E-state index < -0.39 is 24.0 Å². The Bertz CT molecular complexity index is 1030. The molecule has 10 heteroatoms. The number of nitrogens with one attached hydrogen (secondary N) is 2. The van der Waals surface area contributed by atoms with Gasteiger partial charge in [-0.05, 0) is 50.4 Å². The van der Waals surface area contributed by atoms with Crippen LogP contribution in [0, 0.1) is 0 Å². The predicted octanol–water partition coefficient (Wildman–Crippen LogP) is 3.57. The molecule has 9 nitrogen and oxygen atoms in total. The molecule has 1 aliphatic rings. The van der Waals surface area contributed by atoms with Gasteiger partial charge in [-0.25, -0.2) is 14.4 Å². The molecule has 2 heterocycles. The summed E-state index contributed by atoms with van der Waals surface area (Å²) in [6.07, 6.45) is 0. The van der Waals surface area contributed by atoms with Gasteiger partial charge in [-0.2, -0.15) is 0 Å². The maximum Gasteiger partial charge on any atom is 0.338 e. The number of hydrogen-bond donors (Lipinski definition) is 2. The number of esters is 2. The summed E-state index contributed by atoms with van der Waals surface area (Å²) in [6.45, 7) is 6.06. The van der Waals surface area contributed by atoms with E-state index in [1.165, 1.54) is 17.4 Å². The molecule has 2 amide bonds. The Hall–Kier alpha value is -3.53. The largest absolute Gasteiger partial charge is 0.490 e. The van der Waals surface area contributed by atoms with Crippen LogP contribution in [0.3, 0.4) is 0 Å². The molecule has 1 aliphatic heterocycles. The highest BCUT2D eigenvalue weighted by atomic mass is 32.1. The van der Waals surface area contributed by atoms with Crippen molar-refractivity contribution in [1.29, 1.82) is 0 Å². The van der Waals surface area contributed by atoms with E-state index in [2.05, 4.69) is 10.6 Å². The molecule has 2 N–H and O–H groups in total. The Morgan fingerprint density at radius 2 is 1.73 bits per heavy atom. The van der Waals surface area contributed by atoms with E-state index >= 15 is 0 Å². The molecule has 0 spiro atoms. The Labute approximate surface area is 195 Å². The minimum atomic E-state index is -0.707. The van der Waals surface area contributed by atoms with E-state index in [4.69, 9.17) is 18.9 Å². The lowest BCUT2D eigenvalue weighted by Gasteiger charge is -2.28. The molecular weight excluding hydrogens is 448 g/mol. The van der Waals surface area contributed by atoms with E-state index in [1.807, 2.05) is 25.3 Å². The quantitative estimate of drug-likeness (QED) is 0.506. The van der Waals surface area contributed by atoms with E-state index in [0.717, 1.165) is 4.88 Å². The van der Waals surface area contributed by atoms with Crippen molar-refractivity contribution in [2.45, 2.75) is 26.8 Å². The number of thiophene rings is 1. The minimum absolute atomic E-state index is 0.160. The first-order valence-electron chi connectivity index (χ1n) is 10.6. The molecule has 1 unspecified atom stereocenters. The lowest BCUT2D eigenvalue weighted by molar-refractivity contribution is -0.139. The molecule has 176 valence electrons. The lowest BCUT2D eigenvalue weighted by Crippen LogP contribution is -2.46. The van der Waals surface area contributed by atoms with Crippen LogP contribution in [0.25, 0.3) is 0 Å². The van der Waals surface area contributed by atoms with Gasteiger partial charge in [0.15, 0.2) is 11.5 Å². The summed E-state index contributed by atoms with van der Waals surface area (Å²) in [5.41, 5.74) is 0.601. The van der Waals surface area contributed by atoms with Gasteiger partial charge < -0.3 is 29.6 Å². The maximum atomic E-state index is 12.7. The van der Waals surface area contributed by atoms with Gasteiger partial charge in [-0.1, -0.05) is 6.07 Å². The topological polar surface area (TPSA) is 112 Å². The summed E-state index contributed by atoms with van der Waals surface area (Å²) in [7, 11) is 0. The summed E-state index contributed by atoms with van der Waals surface area (Å²) in [5, 5.41) is 7.14. The zero-order valence-electron chi connectivity index (χ0n) is 18.6. The molecular formula is C23H26N2O7S. The molecule has 0 saturated carbocycles. The van der Waals surface area contributed by atoms with Crippen molar-refractivity contribution in [1.82, 2.24) is 10.6 Å². The average Bonchev–Trinajstić information content (AvgIpc) is 3.33. The number of carbonyl (C=O) groups is 3. The molecule has 0 radical (unpaired) electrons. The van der Waals surface area contributed by atoms with Crippen LogP contribution in [0.5, 0.6) is 11.5 Å². The molecule has 1 atom stereocenters. The minimum Gasteiger partial charge on any atom is -0.490 e. The molecule has 33 heavy (non-hydrogen) atoms. The van der Waals surface area contributed by atoms with E-state index in [1.54, 1.807) is 25.1 Å². The monoisotopic (exact) mass is 474 g/mol. The summed E-state index contributed by atoms with van der Waals surface area (Å²) >= 11 is 1.39. The number of benzene rings is 1. The second-order valence-corrected chi connectivity index (χ2v) is 7.74. The lowest BCUT2D eigenvalue weighted by atomic mass is 10.0. The zero-order valence-corrected chi connectivity index (χ0v) is 19.5. The molecule has 0 aliphatic carbocycles. The van der Waals surface area contributed by atoms with Crippen molar-refractivity contribution >= 4 is 29.3 Å². The second kappa shape index (κ2) is 11.4. The van der Waals surface area contributed by atoms with Gasteiger partial charge >= 0.3 is 18.0 Å². The van der Waals surface area contributed by atoms with Crippen LogP contribution in [-0.4, -0.2) is 44.4 Å². The fraction of sp³-hybridized carbons (Fsp3) is 0.348. The number of ether oxygens (including phenoxy) is 4. The van der Waals surface area contributed by atoms with Gasteiger partial charge in [0, 0.05) is 4.88 Å². The van der Waals surface area contributed by atoms with Crippen molar-refractivity contribution in [2.75, 3.05) is 26.4 Å². The van der Waals surface area contributed by atoms with Crippen molar-refractivity contribution in [3.63, 3.8) is 0 Å². The molecule has 2 aromatic rings. The normalized spacial score (nSPS) is 15.4. The Morgan fingerprint density at radius 1 is 0.970 bits per heavy atom. The molecule has 1 aromatic heterocycles.